The third-order valence-electron chi connectivity index (χ3n) is 4.21. The molecule has 1 heterocycles. The van der Waals surface area contributed by atoms with Gasteiger partial charge in [0.2, 0.25) is 5.91 Å². The Morgan fingerprint density at radius 2 is 1.68 bits per heavy atom. The van der Waals surface area contributed by atoms with Gasteiger partial charge < -0.3 is 5.32 Å². The van der Waals surface area contributed by atoms with Gasteiger partial charge in [-0.05, 0) is 39.8 Å². The zero-order valence-electron chi connectivity index (χ0n) is 16.8. The minimum absolute atomic E-state index is 0.0641. The van der Waals surface area contributed by atoms with E-state index in [1.165, 1.54) is 0 Å². The molecule has 3 aromatic rings. The number of hydrogen-bond donors (Lipinski definition) is 1. The topological polar surface area (TPSA) is 46.9 Å². The zero-order valence-corrected chi connectivity index (χ0v) is 17.7. The third kappa shape index (κ3) is 5.26. The van der Waals surface area contributed by atoms with Crippen LogP contribution in [0.3, 0.4) is 0 Å². The van der Waals surface area contributed by atoms with Crippen molar-refractivity contribution in [2.75, 3.05) is 0 Å². The molecule has 0 aliphatic rings. The maximum absolute atomic E-state index is 12.4. The lowest BCUT2D eigenvalue weighted by Crippen LogP contribution is -2.44. The molecule has 5 heteroatoms. The Hall–Kier alpha value is -2.53. The van der Waals surface area contributed by atoms with Gasteiger partial charge in [0.1, 0.15) is 0 Å². The van der Waals surface area contributed by atoms with Gasteiger partial charge in [-0.2, -0.15) is 5.10 Å². The first-order chi connectivity index (χ1) is 13.3. The molecule has 1 aromatic heterocycles. The second-order valence-corrected chi connectivity index (χ2v) is 9.17. The second-order valence-electron chi connectivity index (χ2n) is 7.84. The highest BCUT2D eigenvalue weighted by Crippen LogP contribution is 2.28. The van der Waals surface area contributed by atoms with E-state index >= 15 is 0 Å². The number of amides is 1. The maximum atomic E-state index is 12.4. The highest BCUT2D eigenvalue weighted by Gasteiger charge is 2.21. The van der Waals surface area contributed by atoms with Gasteiger partial charge in [-0.25, -0.2) is 4.68 Å². The molecule has 1 amide bonds. The molecular formula is C23H27N3OS. The predicted molar refractivity (Wildman–Crippen MR) is 118 cm³/mol. The van der Waals surface area contributed by atoms with E-state index in [4.69, 9.17) is 5.10 Å². The molecule has 0 spiro atoms. The van der Waals surface area contributed by atoms with Gasteiger partial charge in [-0.1, -0.05) is 48.5 Å². The number of aromatic nitrogens is 2. The van der Waals surface area contributed by atoms with Crippen LogP contribution in [0.5, 0.6) is 0 Å². The van der Waals surface area contributed by atoms with Gasteiger partial charge in [0.15, 0.2) is 0 Å². The number of para-hydroxylation sites is 1. The highest BCUT2D eigenvalue weighted by molar-refractivity contribution is 7.99. The number of carbonyl (C=O) groups excluding carboxylic acids is 1. The van der Waals surface area contributed by atoms with Crippen LogP contribution < -0.4 is 5.32 Å². The SMILES string of the molecule is CC(SCc1cn(-c2ccccc2)nc1-c1ccccc1)C(=O)NC(C)(C)C. The molecule has 0 fully saturated rings. The zero-order chi connectivity index (χ0) is 20.1. The smallest absolute Gasteiger partial charge is 0.233 e. The third-order valence-corrected chi connectivity index (χ3v) is 5.41. The fraction of sp³-hybridized carbons (Fsp3) is 0.304. The van der Waals surface area contributed by atoms with Crippen LogP contribution >= 0.6 is 11.8 Å². The van der Waals surface area contributed by atoms with Gasteiger partial charge >= 0.3 is 0 Å². The number of thioether (sulfide) groups is 1. The molecule has 1 unspecified atom stereocenters. The van der Waals surface area contributed by atoms with E-state index in [2.05, 4.69) is 23.6 Å². The molecule has 4 nitrogen and oxygen atoms in total. The van der Waals surface area contributed by atoms with E-state index in [0.717, 1.165) is 28.3 Å². The van der Waals surface area contributed by atoms with Crippen LogP contribution in [0.4, 0.5) is 0 Å². The molecular weight excluding hydrogens is 366 g/mol. The molecule has 0 bridgehead atoms. The van der Waals surface area contributed by atoms with E-state index in [1.54, 1.807) is 11.8 Å². The van der Waals surface area contributed by atoms with E-state index < -0.39 is 0 Å². The molecule has 0 aliphatic carbocycles. The Kier molecular flexibility index (Phi) is 6.25. The Morgan fingerprint density at radius 3 is 2.29 bits per heavy atom. The predicted octanol–water partition coefficient (Wildman–Crippen LogP) is 5.08. The fourth-order valence-corrected chi connectivity index (χ4v) is 3.68. The highest BCUT2D eigenvalue weighted by atomic mass is 32.2. The maximum Gasteiger partial charge on any atom is 0.233 e. The van der Waals surface area contributed by atoms with E-state index in [0.29, 0.717) is 0 Å². The van der Waals surface area contributed by atoms with Gasteiger partial charge in [0.05, 0.1) is 16.6 Å². The lowest BCUT2D eigenvalue weighted by molar-refractivity contribution is -0.121. The van der Waals surface area contributed by atoms with Gasteiger partial charge in [0, 0.05) is 28.6 Å². The molecule has 0 aliphatic heterocycles. The first-order valence-corrected chi connectivity index (χ1v) is 10.5. The summed E-state index contributed by atoms with van der Waals surface area (Å²) in [5.74, 6) is 0.782. The number of carbonyl (C=O) groups is 1. The number of nitrogens with one attached hydrogen (secondary N) is 1. The molecule has 28 heavy (non-hydrogen) atoms. The molecule has 0 saturated heterocycles. The van der Waals surface area contributed by atoms with Crippen molar-refractivity contribution in [1.29, 1.82) is 0 Å². The van der Waals surface area contributed by atoms with Crippen molar-refractivity contribution < 1.29 is 4.79 Å². The Balaban J connectivity index is 1.83. The van der Waals surface area contributed by atoms with E-state index in [1.807, 2.05) is 80.9 Å². The van der Waals surface area contributed by atoms with E-state index in [9.17, 15) is 4.79 Å². The Morgan fingerprint density at radius 1 is 1.07 bits per heavy atom. The van der Waals surface area contributed by atoms with Crippen molar-refractivity contribution >= 4 is 17.7 Å². The van der Waals surface area contributed by atoms with Crippen LogP contribution in [0.25, 0.3) is 16.9 Å². The van der Waals surface area contributed by atoms with Gasteiger partial charge in [0.25, 0.3) is 0 Å². The standard InChI is InChI=1S/C23H27N3OS/c1-17(22(27)24-23(2,3)4)28-16-19-15-26(20-13-9-6-10-14-20)25-21(19)18-11-7-5-8-12-18/h5-15,17H,16H2,1-4H3,(H,24,27). The summed E-state index contributed by atoms with van der Waals surface area (Å²) in [6.45, 7) is 7.95. The van der Waals surface area contributed by atoms with Crippen LogP contribution in [-0.4, -0.2) is 26.5 Å². The second kappa shape index (κ2) is 8.65. The summed E-state index contributed by atoms with van der Waals surface area (Å²) in [5.41, 5.74) is 3.96. The summed E-state index contributed by atoms with van der Waals surface area (Å²) in [7, 11) is 0. The average Bonchev–Trinajstić information content (AvgIpc) is 3.10. The monoisotopic (exact) mass is 393 g/mol. The average molecular weight is 394 g/mol. The molecule has 1 atom stereocenters. The quantitative estimate of drug-likeness (QED) is 0.635. The van der Waals surface area contributed by atoms with Crippen LogP contribution in [0.15, 0.2) is 66.9 Å². The minimum Gasteiger partial charge on any atom is -0.351 e. The molecule has 2 aromatic carbocycles. The Bertz CT molecular complexity index is 914. The molecule has 0 saturated carbocycles. The summed E-state index contributed by atoms with van der Waals surface area (Å²) in [6.07, 6.45) is 2.07. The van der Waals surface area contributed by atoms with Crippen molar-refractivity contribution in [1.82, 2.24) is 15.1 Å². The van der Waals surface area contributed by atoms with E-state index in [-0.39, 0.29) is 16.7 Å². The van der Waals surface area contributed by atoms with Crippen molar-refractivity contribution in [2.45, 2.75) is 44.2 Å². The lowest BCUT2D eigenvalue weighted by Gasteiger charge is -2.23. The van der Waals surface area contributed by atoms with Crippen molar-refractivity contribution in [3.05, 3.63) is 72.4 Å². The number of benzene rings is 2. The number of nitrogens with zero attached hydrogens (tertiary/aromatic N) is 2. The lowest BCUT2D eigenvalue weighted by atomic mass is 10.1. The van der Waals surface area contributed by atoms with Crippen molar-refractivity contribution in [3.8, 4) is 16.9 Å². The first-order valence-electron chi connectivity index (χ1n) is 9.46. The Labute approximate surface area is 171 Å². The normalized spacial score (nSPS) is 12.6. The summed E-state index contributed by atoms with van der Waals surface area (Å²) in [5, 5.41) is 7.75. The molecule has 3 rings (SSSR count). The van der Waals surface area contributed by atoms with Crippen LogP contribution in [0.1, 0.15) is 33.3 Å². The summed E-state index contributed by atoms with van der Waals surface area (Å²) in [6, 6.07) is 20.3. The largest absolute Gasteiger partial charge is 0.351 e. The van der Waals surface area contributed by atoms with Gasteiger partial charge in [-0.15, -0.1) is 11.8 Å². The minimum atomic E-state index is -0.223. The summed E-state index contributed by atoms with van der Waals surface area (Å²) in [4.78, 5) is 12.4. The van der Waals surface area contributed by atoms with Gasteiger partial charge in [-0.3, -0.25) is 4.79 Å². The van der Waals surface area contributed by atoms with Crippen LogP contribution in [0, 0.1) is 0 Å². The molecule has 1 N–H and O–H groups in total. The summed E-state index contributed by atoms with van der Waals surface area (Å²) < 4.78 is 1.91. The first kappa shape index (κ1) is 20.2. The number of hydrogen-bond acceptors (Lipinski definition) is 3. The van der Waals surface area contributed by atoms with Crippen molar-refractivity contribution in [3.63, 3.8) is 0 Å². The molecule has 0 radical (unpaired) electrons. The number of rotatable bonds is 6. The van der Waals surface area contributed by atoms with Crippen LogP contribution in [0.2, 0.25) is 0 Å². The fourth-order valence-electron chi connectivity index (χ4n) is 2.83. The summed E-state index contributed by atoms with van der Waals surface area (Å²) >= 11 is 1.63. The van der Waals surface area contributed by atoms with Crippen LogP contribution in [-0.2, 0) is 10.5 Å². The molecule has 146 valence electrons. The van der Waals surface area contributed by atoms with Crippen molar-refractivity contribution in [2.24, 2.45) is 0 Å².